The maximum absolute atomic E-state index is 12.2. The molecule has 3 aliphatic rings. The van der Waals surface area contributed by atoms with Crippen molar-refractivity contribution in [2.45, 2.75) is 58.2 Å². The molecule has 2 saturated heterocycles. The summed E-state index contributed by atoms with van der Waals surface area (Å²) in [6.45, 7) is 8.43. The summed E-state index contributed by atoms with van der Waals surface area (Å²) in [5.74, 6) is 1.69. The summed E-state index contributed by atoms with van der Waals surface area (Å²) < 4.78 is 0. The second-order valence-electron chi connectivity index (χ2n) is 7.16. The van der Waals surface area contributed by atoms with Crippen LogP contribution in [0.2, 0.25) is 0 Å². The summed E-state index contributed by atoms with van der Waals surface area (Å²) in [7, 11) is 0. The molecule has 1 aliphatic carbocycles. The Hall–Kier alpha value is -0.610. The van der Waals surface area contributed by atoms with E-state index in [2.05, 4.69) is 29.0 Å². The van der Waals surface area contributed by atoms with Crippen molar-refractivity contribution < 1.29 is 4.79 Å². The van der Waals surface area contributed by atoms with Gasteiger partial charge in [-0.15, -0.1) is 0 Å². The molecule has 4 nitrogen and oxygen atoms in total. The highest BCUT2D eigenvalue weighted by atomic mass is 16.2. The third-order valence-corrected chi connectivity index (χ3v) is 5.47. The average Bonchev–Trinajstić information content (AvgIpc) is 3.12. The number of nitrogens with one attached hydrogen (secondary N) is 1. The maximum atomic E-state index is 12.2. The standard InChI is InChI=1S/C16H29N3O/c1-12(2)18-8-7-13(10-18)11-19-15(20)9-17-16(19)14-5-3-4-6-14/h12-14,16-17H,3-11H2,1-2H3. The fourth-order valence-corrected chi connectivity index (χ4v) is 4.23. The van der Waals surface area contributed by atoms with Crippen LogP contribution in [-0.2, 0) is 4.79 Å². The number of carbonyl (C=O) groups is 1. The van der Waals surface area contributed by atoms with E-state index in [1.807, 2.05) is 0 Å². The minimum absolute atomic E-state index is 0.324. The van der Waals surface area contributed by atoms with E-state index in [9.17, 15) is 4.79 Å². The van der Waals surface area contributed by atoms with Crippen molar-refractivity contribution in [3.8, 4) is 0 Å². The Labute approximate surface area is 122 Å². The van der Waals surface area contributed by atoms with Crippen LogP contribution in [0.3, 0.4) is 0 Å². The zero-order valence-electron chi connectivity index (χ0n) is 13.0. The van der Waals surface area contributed by atoms with Crippen molar-refractivity contribution in [1.29, 1.82) is 0 Å². The fraction of sp³-hybridized carbons (Fsp3) is 0.938. The Morgan fingerprint density at radius 2 is 2.00 bits per heavy atom. The van der Waals surface area contributed by atoms with Crippen molar-refractivity contribution in [3.63, 3.8) is 0 Å². The van der Waals surface area contributed by atoms with Crippen LogP contribution < -0.4 is 5.32 Å². The molecule has 0 aromatic carbocycles. The predicted molar refractivity (Wildman–Crippen MR) is 80.3 cm³/mol. The van der Waals surface area contributed by atoms with Gasteiger partial charge in [0.1, 0.15) is 0 Å². The molecule has 0 spiro atoms. The third kappa shape index (κ3) is 2.86. The third-order valence-electron chi connectivity index (χ3n) is 5.47. The van der Waals surface area contributed by atoms with Gasteiger partial charge in [0.05, 0.1) is 12.7 Å². The lowest BCUT2D eigenvalue weighted by Crippen LogP contribution is -2.45. The number of hydrogen-bond acceptors (Lipinski definition) is 3. The van der Waals surface area contributed by atoms with Crippen molar-refractivity contribution in [1.82, 2.24) is 15.1 Å². The van der Waals surface area contributed by atoms with Crippen molar-refractivity contribution >= 4 is 5.91 Å². The Bertz CT molecular complexity index is 352. The second kappa shape index (κ2) is 6.02. The highest BCUT2D eigenvalue weighted by molar-refractivity contribution is 5.80. The molecule has 0 radical (unpaired) electrons. The summed E-state index contributed by atoms with van der Waals surface area (Å²) in [6, 6.07) is 0.637. The Kier molecular flexibility index (Phi) is 4.32. The lowest BCUT2D eigenvalue weighted by molar-refractivity contribution is -0.129. The van der Waals surface area contributed by atoms with Crippen molar-refractivity contribution in [3.05, 3.63) is 0 Å². The first-order chi connectivity index (χ1) is 9.65. The largest absolute Gasteiger partial charge is 0.325 e. The molecule has 2 unspecified atom stereocenters. The number of likely N-dealkylation sites (tertiary alicyclic amines) is 1. The number of amides is 1. The zero-order chi connectivity index (χ0) is 14.1. The first-order valence-corrected chi connectivity index (χ1v) is 8.42. The van der Waals surface area contributed by atoms with Gasteiger partial charge in [0, 0.05) is 19.1 Å². The summed E-state index contributed by atoms with van der Waals surface area (Å²) >= 11 is 0. The minimum atomic E-state index is 0.324. The van der Waals surface area contributed by atoms with E-state index in [-0.39, 0.29) is 0 Å². The first-order valence-electron chi connectivity index (χ1n) is 8.42. The second-order valence-corrected chi connectivity index (χ2v) is 7.16. The van der Waals surface area contributed by atoms with Gasteiger partial charge < -0.3 is 9.80 Å². The van der Waals surface area contributed by atoms with E-state index in [1.54, 1.807) is 0 Å². The summed E-state index contributed by atoms with van der Waals surface area (Å²) in [5.41, 5.74) is 0. The lowest BCUT2D eigenvalue weighted by Gasteiger charge is -2.31. The normalized spacial score (nSPS) is 33.0. The molecule has 0 aromatic rings. The van der Waals surface area contributed by atoms with Gasteiger partial charge in [0.15, 0.2) is 0 Å². The van der Waals surface area contributed by atoms with Crippen LogP contribution in [0, 0.1) is 11.8 Å². The molecule has 2 heterocycles. The SMILES string of the molecule is CC(C)N1CCC(CN2C(=O)CNC2C2CCCC2)C1. The molecule has 114 valence electrons. The Balaban J connectivity index is 1.58. The molecular formula is C16H29N3O. The summed E-state index contributed by atoms with van der Waals surface area (Å²) in [5, 5.41) is 3.47. The van der Waals surface area contributed by atoms with Gasteiger partial charge in [-0.1, -0.05) is 12.8 Å². The van der Waals surface area contributed by atoms with Crippen LogP contribution in [0.1, 0.15) is 46.0 Å². The van der Waals surface area contributed by atoms with Crippen LogP contribution in [-0.4, -0.2) is 54.1 Å². The molecule has 3 rings (SSSR count). The van der Waals surface area contributed by atoms with E-state index in [4.69, 9.17) is 0 Å². The smallest absolute Gasteiger partial charge is 0.237 e. The van der Waals surface area contributed by atoms with Crippen LogP contribution in [0.4, 0.5) is 0 Å². The zero-order valence-corrected chi connectivity index (χ0v) is 13.0. The number of rotatable bonds is 4. The number of nitrogens with zero attached hydrogens (tertiary/aromatic N) is 2. The van der Waals surface area contributed by atoms with E-state index < -0.39 is 0 Å². The summed E-state index contributed by atoms with van der Waals surface area (Å²) in [6.07, 6.45) is 6.86. The Morgan fingerprint density at radius 3 is 2.65 bits per heavy atom. The van der Waals surface area contributed by atoms with E-state index >= 15 is 0 Å². The monoisotopic (exact) mass is 279 g/mol. The summed E-state index contributed by atoms with van der Waals surface area (Å²) in [4.78, 5) is 16.9. The molecule has 2 aliphatic heterocycles. The molecular weight excluding hydrogens is 250 g/mol. The van der Waals surface area contributed by atoms with Gasteiger partial charge >= 0.3 is 0 Å². The van der Waals surface area contributed by atoms with Crippen molar-refractivity contribution in [2.24, 2.45) is 11.8 Å². The molecule has 20 heavy (non-hydrogen) atoms. The van der Waals surface area contributed by atoms with Gasteiger partial charge in [-0.3, -0.25) is 10.1 Å². The van der Waals surface area contributed by atoms with Gasteiger partial charge in [-0.2, -0.15) is 0 Å². The molecule has 2 atom stereocenters. The Morgan fingerprint density at radius 1 is 1.25 bits per heavy atom. The number of hydrogen-bond donors (Lipinski definition) is 1. The molecule has 1 amide bonds. The van der Waals surface area contributed by atoms with Crippen LogP contribution >= 0.6 is 0 Å². The quantitative estimate of drug-likeness (QED) is 0.850. The number of carbonyl (C=O) groups excluding carboxylic acids is 1. The van der Waals surface area contributed by atoms with E-state index in [0.717, 1.165) is 6.54 Å². The molecule has 0 bridgehead atoms. The lowest BCUT2D eigenvalue weighted by atomic mass is 10.0. The topological polar surface area (TPSA) is 35.6 Å². The van der Waals surface area contributed by atoms with Crippen LogP contribution in [0.5, 0.6) is 0 Å². The molecule has 0 aromatic heterocycles. The van der Waals surface area contributed by atoms with Gasteiger partial charge in [0.25, 0.3) is 0 Å². The van der Waals surface area contributed by atoms with E-state index in [1.165, 1.54) is 45.2 Å². The van der Waals surface area contributed by atoms with Gasteiger partial charge in [-0.25, -0.2) is 0 Å². The molecule has 1 saturated carbocycles. The fourth-order valence-electron chi connectivity index (χ4n) is 4.23. The molecule has 4 heteroatoms. The maximum Gasteiger partial charge on any atom is 0.237 e. The van der Waals surface area contributed by atoms with Gasteiger partial charge in [0.2, 0.25) is 5.91 Å². The molecule has 3 fully saturated rings. The first kappa shape index (κ1) is 14.3. The van der Waals surface area contributed by atoms with E-state index in [0.29, 0.717) is 36.5 Å². The highest BCUT2D eigenvalue weighted by Gasteiger charge is 2.39. The predicted octanol–water partition coefficient (Wildman–Crippen LogP) is 1.66. The van der Waals surface area contributed by atoms with Gasteiger partial charge in [-0.05, 0) is 51.5 Å². The minimum Gasteiger partial charge on any atom is -0.325 e. The van der Waals surface area contributed by atoms with Crippen LogP contribution in [0.25, 0.3) is 0 Å². The molecule has 1 N–H and O–H groups in total. The highest BCUT2D eigenvalue weighted by Crippen LogP contribution is 2.32. The van der Waals surface area contributed by atoms with Crippen molar-refractivity contribution in [2.75, 3.05) is 26.2 Å². The van der Waals surface area contributed by atoms with Crippen LogP contribution in [0.15, 0.2) is 0 Å². The average molecular weight is 279 g/mol.